The van der Waals surface area contributed by atoms with E-state index in [1.54, 1.807) is 12.1 Å². The maximum Gasteiger partial charge on any atom is 0.293 e. The van der Waals surface area contributed by atoms with E-state index in [0.29, 0.717) is 17.6 Å². The highest BCUT2D eigenvalue weighted by Crippen LogP contribution is 2.36. The maximum atomic E-state index is 10.8. The van der Waals surface area contributed by atoms with Gasteiger partial charge in [0.05, 0.1) is 4.92 Å². The second-order valence-electron chi connectivity index (χ2n) is 3.88. The monoisotopic (exact) mass is 318 g/mol. The third kappa shape index (κ3) is 2.39. The number of hydrogen-bond donors (Lipinski definition) is 1. The smallest absolute Gasteiger partial charge is 0.293 e. The molecule has 2 rings (SSSR count). The van der Waals surface area contributed by atoms with Crippen molar-refractivity contribution in [1.82, 2.24) is 0 Å². The van der Waals surface area contributed by atoms with Gasteiger partial charge in [-0.1, -0.05) is 6.92 Å². The van der Waals surface area contributed by atoms with E-state index in [1.807, 2.05) is 6.07 Å². The molecule has 15 heavy (non-hydrogen) atoms. The lowest BCUT2D eigenvalue weighted by atomic mass is 10.2. The van der Waals surface area contributed by atoms with Gasteiger partial charge in [-0.2, -0.15) is 0 Å². The van der Waals surface area contributed by atoms with Crippen molar-refractivity contribution in [2.75, 3.05) is 5.32 Å². The summed E-state index contributed by atoms with van der Waals surface area (Å²) in [5.41, 5.74) is 0.802. The second kappa shape index (κ2) is 3.96. The normalized spacial score (nSPS) is 23.6. The summed E-state index contributed by atoms with van der Waals surface area (Å²) in [6.07, 6.45) is 1.10. The van der Waals surface area contributed by atoms with Crippen molar-refractivity contribution in [3.8, 4) is 0 Å². The fourth-order valence-corrected chi connectivity index (χ4v) is 1.98. The molecule has 1 aromatic carbocycles. The molecular weight excluding hydrogens is 307 g/mol. The van der Waals surface area contributed by atoms with Crippen LogP contribution in [0, 0.1) is 19.6 Å². The van der Waals surface area contributed by atoms with Crippen molar-refractivity contribution in [2.45, 2.75) is 19.4 Å². The standard InChI is InChI=1S/C10H11IN2O2/c1-6-4-9(6)12-8-3-2-7(11)5-10(8)13(14)15/h2-3,5-6,9,12H,4H2,1H3. The Labute approximate surface area is 101 Å². The summed E-state index contributed by atoms with van der Waals surface area (Å²) in [6.45, 7) is 2.14. The van der Waals surface area contributed by atoms with Crippen LogP contribution in [0.4, 0.5) is 11.4 Å². The molecule has 1 aliphatic carbocycles. The van der Waals surface area contributed by atoms with Crippen LogP contribution in [-0.4, -0.2) is 11.0 Å². The minimum atomic E-state index is -0.336. The number of nitrogens with zero attached hydrogens (tertiary/aromatic N) is 1. The van der Waals surface area contributed by atoms with Gasteiger partial charge >= 0.3 is 0 Å². The van der Waals surface area contributed by atoms with Crippen LogP contribution in [0.25, 0.3) is 0 Å². The van der Waals surface area contributed by atoms with Gasteiger partial charge in [0.25, 0.3) is 5.69 Å². The number of nitro groups is 1. The van der Waals surface area contributed by atoms with Crippen LogP contribution in [0.2, 0.25) is 0 Å². The Morgan fingerprint density at radius 1 is 1.60 bits per heavy atom. The molecule has 0 aliphatic heterocycles. The van der Waals surface area contributed by atoms with Crippen LogP contribution in [-0.2, 0) is 0 Å². The Morgan fingerprint density at radius 3 is 2.80 bits per heavy atom. The van der Waals surface area contributed by atoms with Gasteiger partial charge in [0.15, 0.2) is 0 Å². The highest BCUT2D eigenvalue weighted by Gasteiger charge is 2.33. The predicted molar refractivity (Wildman–Crippen MR) is 67.0 cm³/mol. The molecular formula is C10H11IN2O2. The highest BCUT2D eigenvalue weighted by atomic mass is 127. The average Bonchev–Trinajstić information content (AvgIpc) is 2.85. The molecule has 1 aromatic rings. The minimum absolute atomic E-state index is 0.168. The molecule has 0 bridgehead atoms. The number of hydrogen-bond acceptors (Lipinski definition) is 3. The van der Waals surface area contributed by atoms with Gasteiger partial charge in [-0.15, -0.1) is 0 Å². The molecule has 0 amide bonds. The molecule has 0 spiro atoms. The summed E-state index contributed by atoms with van der Waals surface area (Å²) in [6, 6.07) is 5.66. The quantitative estimate of drug-likeness (QED) is 0.529. The lowest BCUT2D eigenvalue weighted by Crippen LogP contribution is -2.06. The van der Waals surface area contributed by atoms with Crippen LogP contribution >= 0.6 is 22.6 Å². The van der Waals surface area contributed by atoms with Gasteiger partial charge < -0.3 is 5.32 Å². The average molecular weight is 318 g/mol. The first-order valence-corrected chi connectivity index (χ1v) is 5.86. The lowest BCUT2D eigenvalue weighted by molar-refractivity contribution is -0.384. The van der Waals surface area contributed by atoms with E-state index in [1.165, 1.54) is 0 Å². The number of nitro benzene ring substituents is 1. The van der Waals surface area contributed by atoms with E-state index in [9.17, 15) is 10.1 Å². The Hall–Kier alpha value is -0.850. The van der Waals surface area contributed by atoms with Crippen LogP contribution in [0.5, 0.6) is 0 Å². The van der Waals surface area contributed by atoms with Gasteiger partial charge in [0, 0.05) is 15.7 Å². The minimum Gasteiger partial charge on any atom is -0.376 e. The molecule has 2 unspecified atom stereocenters. The van der Waals surface area contributed by atoms with Crippen LogP contribution < -0.4 is 5.32 Å². The van der Waals surface area contributed by atoms with Crippen LogP contribution in [0.3, 0.4) is 0 Å². The van der Waals surface area contributed by atoms with Gasteiger partial charge in [0.1, 0.15) is 5.69 Å². The molecule has 1 aliphatic rings. The summed E-state index contributed by atoms with van der Waals surface area (Å²) >= 11 is 2.08. The van der Waals surface area contributed by atoms with E-state index in [-0.39, 0.29) is 10.6 Å². The van der Waals surface area contributed by atoms with Crippen molar-refractivity contribution in [2.24, 2.45) is 5.92 Å². The Balaban J connectivity index is 2.25. The first-order valence-electron chi connectivity index (χ1n) is 4.78. The zero-order chi connectivity index (χ0) is 11.0. The summed E-state index contributed by atoms with van der Waals surface area (Å²) in [7, 11) is 0. The number of benzene rings is 1. The number of rotatable bonds is 3. The molecule has 0 saturated heterocycles. The Bertz CT molecular complexity index is 408. The first kappa shape index (κ1) is 10.7. The largest absolute Gasteiger partial charge is 0.376 e. The Morgan fingerprint density at radius 2 is 2.27 bits per heavy atom. The van der Waals surface area contributed by atoms with Crippen LogP contribution in [0.1, 0.15) is 13.3 Å². The van der Waals surface area contributed by atoms with Gasteiger partial charge in [-0.3, -0.25) is 10.1 Å². The molecule has 1 fully saturated rings. The van der Waals surface area contributed by atoms with E-state index in [4.69, 9.17) is 0 Å². The van der Waals surface area contributed by atoms with Crippen molar-refractivity contribution in [3.05, 3.63) is 31.9 Å². The fraction of sp³-hybridized carbons (Fsp3) is 0.400. The van der Waals surface area contributed by atoms with E-state index < -0.39 is 0 Å². The zero-order valence-electron chi connectivity index (χ0n) is 8.24. The zero-order valence-corrected chi connectivity index (χ0v) is 10.4. The number of halogens is 1. The molecule has 2 atom stereocenters. The summed E-state index contributed by atoms with van der Waals surface area (Å²) in [5, 5.41) is 14.0. The molecule has 1 saturated carbocycles. The molecule has 1 N–H and O–H groups in total. The summed E-state index contributed by atoms with van der Waals surface area (Å²) in [5.74, 6) is 0.629. The van der Waals surface area contributed by atoms with Crippen molar-refractivity contribution in [1.29, 1.82) is 0 Å². The summed E-state index contributed by atoms with van der Waals surface area (Å²) in [4.78, 5) is 10.5. The predicted octanol–water partition coefficient (Wildman–Crippen LogP) is 3.02. The number of anilines is 1. The fourth-order valence-electron chi connectivity index (χ4n) is 1.50. The molecule has 80 valence electrons. The van der Waals surface area contributed by atoms with E-state index >= 15 is 0 Å². The first-order chi connectivity index (χ1) is 7.08. The topological polar surface area (TPSA) is 55.2 Å². The lowest BCUT2D eigenvalue weighted by Gasteiger charge is -2.05. The van der Waals surface area contributed by atoms with E-state index in [0.717, 1.165) is 9.99 Å². The van der Waals surface area contributed by atoms with Crippen LogP contribution in [0.15, 0.2) is 18.2 Å². The van der Waals surface area contributed by atoms with Gasteiger partial charge in [0.2, 0.25) is 0 Å². The molecule has 0 heterocycles. The molecule has 5 heteroatoms. The maximum absolute atomic E-state index is 10.8. The summed E-state index contributed by atoms with van der Waals surface area (Å²) < 4.78 is 0.883. The molecule has 0 aromatic heterocycles. The van der Waals surface area contributed by atoms with Gasteiger partial charge in [-0.05, 0) is 47.1 Å². The van der Waals surface area contributed by atoms with Gasteiger partial charge in [-0.25, -0.2) is 0 Å². The molecule has 0 radical (unpaired) electrons. The van der Waals surface area contributed by atoms with Crippen molar-refractivity contribution >= 4 is 34.0 Å². The number of nitrogens with one attached hydrogen (secondary N) is 1. The van der Waals surface area contributed by atoms with E-state index in [2.05, 4.69) is 34.8 Å². The SMILES string of the molecule is CC1CC1Nc1ccc(I)cc1[N+](=O)[O-]. The highest BCUT2D eigenvalue weighted by molar-refractivity contribution is 14.1. The second-order valence-corrected chi connectivity index (χ2v) is 5.13. The third-order valence-electron chi connectivity index (χ3n) is 2.61. The molecule has 4 nitrogen and oxygen atoms in total. The Kier molecular flexibility index (Phi) is 2.81. The third-order valence-corrected chi connectivity index (χ3v) is 3.28. The van der Waals surface area contributed by atoms with Crippen molar-refractivity contribution in [3.63, 3.8) is 0 Å². The van der Waals surface area contributed by atoms with Crippen molar-refractivity contribution < 1.29 is 4.92 Å².